The number of hydrogen-bond acceptors (Lipinski definition) is 11. The van der Waals surface area contributed by atoms with Crippen LogP contribution in [-0.4, -0.2) is 105 Å². The quantitative estimate of drug-likeness (QED) is 0.263. The lowest BCUT2D eigenvalue weighted by Gasteiger charge is -2.42. The number of hydrogen-bond donors (Lipinski definition) is 0. The molecule has 51 heavy (non-hydrogen) atoms. The van der Waals surface area contributed by atoms with E-state index < -0.39 is 63.1 Å². The first-order chi connectivity index (χ1) is 24.0. The van der Waals surface area contributed by atoms with Gasteiger partial charge >= 0.3 is 6.36 Å². The molecule has 3 aromatic carbocycles. The number of likely N-dealkylation sites (N-methyl/N-ethyl adjacent to an activating group) is 1. The average molecular weight is 742 g/mol. The predicted molar refractivity (Wildman–Crippen MR) is 173 cm³/mol. The van der Waals surface area contributed by atoms with E-state index >= 15 is 9.18 Å². The van der Waals surface area contributed by atoms with Gasteiger partial charge in [0.25, 0.3) is 15.9 Å². The number of alkyl halides is 4. The van der Waals surface area contributed by atoms with Crippen molar-refractivity contribution in [3.05, 3.63) is 59.7 Å². The molecule has 13 nitrogen and oxygen atoms in total. The molecule has 5 rings (SSSR count). The Morgan fingerprint density at radius 3 is 1.94 bits per heavy atom. The normalized spacial score (nSPS) is 20.5. The van der Waals surface area contributed by atoms with Crippen molar-refractivity contribution in [2.75, 3.05) is 60.5 Å². The summed E-state index contributed by atoms with van der Waals surface area (Å²) >= 11 is 0. The number of ether oxygens (including phenoxy) is 6. The molecule has 18 heteroatoms. The van der Waals surface area contributed by atoms with Gasteiger partial charge in [0.15, 0.2) is 22.8 Å². The summed E-state index contributed by atoms with van der Waals surface area (Å²) in [5, 5.41) is 0. The predicted octanol–water partition coefficient (Wildman–Crippen LogP) is 4.11. The van der Waals surface area contributed by atoms with Crippen LogP contribution in [0.4, 0.5) is 23.2 Å². The molecule has 0 N–H and O–H groups in total. The highest BCUT2D eigenvalue weighted by atomic mass is 32.2. The van der Waals surface area contributed by atoms with Gasteiger partial charge in [0.2, 0.25) is 5.91 Å². The fraction of sp³-hybridized carbons (Fsp3) is 0.394. The van der Waals surface area contributed by atoms with Crippen LogP contribution in [-0.2, 0) is 25.2 Å². The third kappa shape index (κ3) is 6.19. The van der Waals surface area contributed by atoms with E-state index in [9.17, 15) is 26.4 Å². The molecule has 3 atom stereocenters. The maximum Gasteiger partial charge on any atom is 0.573 e. The molecule has 0 spiro atoms. The van der Waals surface area contributed by atoms with E-state index in [2.05, 4.69) is 4.74 Å². The van der Waals surface area contributed by atoms with Crippen molar-refractivity contribution >= 4 is 27.5 Å². The van der Waals surface area contributed by atoms with Crippen LogP contribution in [0, 0.1) is 0 Å². The van der Waals surface area contributed by atoms with Crippen LogP contribution in [0.1, 0.15) is 17.5 Å². The number of halogens is 4. The number of nitrogens with zero attached hydrogens (tertiary/aromatic N) is 3. The summed E-state index contributed by atoms with van der Waals surface area (Å²) in [6.07, 6.45) is -7.40. The minimum atomic E-state index is -5.36. The van der Waals surface area contributed by atoms with Gasteiger partial charge in [0.1, 0.15) is 28.3 Å². The summed E-state index contributed by atoms with van der Waals surface area (Å²) in [6, 6.07) is 7.96. The van der Waals surface area contributed by atoms with Gasteiger partial charge in [-0.05, 0) is 30.3 Å². The number of benzene rings is 3. The van der Waals surface area contributed by atoms with E-state index in [1.165, 1.54) is 76.6 Å². The Morgan fingerprint density at radius 1 is 0.824 bits per heavy atom. The van der Waals surface area contributed by atoms with Crippen molar-refractivity contribution in [1.82, 2.24) is 9.80 Å². The monoisotopic (exact) mass is 741 g/mol. The highest BCUT2D eigenvalue weighted by Gasteiger charge is 2.64. The summed E-state index contributed by atoms with van der Waals surface area (Å²) in [6.45, 7) is -0.544. The number of anilines is 1. The minimum absolute atomic E-state index is 0.0113. The molecule has 0 aliphatic carbocycles. The van der Waals surface area contributed by atoms with E-state index in [4.69, 9.17) is 23.7 Å². The maximum atomic E-state index is 15.6. The smallest absolute Gasteiger partial charge is 0.497 e. The summed E-state index contributed by atoms with van der Waals surface area (Å²) in [5.41, 5.74) is -2.93. The van der Waals surface area contributed by atoms with Gasteiger partial charge in [0.05, 0.1) is 47.3 Å². The van der Waals surface area contributed by atoms with Crippen molar-refractivity contribution in [3.8, 4) is 34.5 Å². The second-order valence-electron chi connectivity index (χ2n) is 11.7. The molecule has 2 aliphatic heterocycles. The van der Waals surface area contributed by atoms with E-state index in [1.807, 2.05) is 0 Å². The van der Waals surface area contributed by atoms with E-state index in [0.29, 0.717) is 10.4 Å². The van der Waals surface area contributed by atoms with Crippen LogP contribution in [0.25, 0.3) is 0 Å². The number of carbonyl (C=O) groups is 2. The largest absolute Gasteiger partial charge is 0.573 e. The number of carbonyl (C=O) groups excluding carboxylic acids is 2. The number of amides is 2. The first-order valence-corrected chi connectivity index (χ1v) is 16.6. The lowest BCUT2D eigenvalue weighted by Crippen LogP contribution is -2.59. The van der Waals surface area contributed by atoms with E-state index in [1.54, 1.807) is 0 Å². The summed E-state index contributed by atoms with van der Waals surface area (Å²) in [7, 11) is 3.86. The fourth-order valence-corrected chi connectivity index (χ4v) is 8.10. The molecule has 0 bridgehead atoms. The van der Waals surface area contributed by atoms with Crippen LogP contribution in [0.3, 0.4) is 0 Å². The Kier molecular flexibility index (Phi) is 9.97. The lowest BCUT2D eigenvalue weighted by atomic mass is 9.80. The number of fused-ring (bicyclic) bond motifs is 1. The standard InChI is InChI=1S/C33H35F4N3O10S/c1-38(2)30(41)24-12-18(34)17-39(24)32(21-10-8-19(45-3)13-25(21)47-5)22-15-26(48-6)27(49-7)16-23(22)40(31(32)42)51(43,44)29-11-9-20(46-4)14-28(29)50-33(35,36)37/h8-11,13-16,18,24H,12,17H2,1-7H3/t18-,24+,32?/m1/s1. The SMILES string of the molecule is COc1ccc(C2(N3C[C@H](F)C[C@H]3C(=O)N(C)C)C(=O)N(S(=O)(=O)c3ccc(OC)cc3OC(F)(F)F)c3cc(OC)c(OC)cc32)c(OC)c1. The fourth-order valence-electron chi connectivity index (χ4n) is 6.55. The number of methoxy groups -OCH3 is 5. The molecule has 2 aliphatic rings. The minimum Gasteiger partial charge on any atom is -0.497 e. The topological polar surface area (TPSA) is 133 Å². The van der Waals surface area contributed by atoms with Crippen LogP contribution < -0.4 is 32.7 Å². The Balaban J connectivity index is 1.94. The second-order valence-corrected chi connectivity index (χ2v) is 13.4. The zero-order chi connectivity index (χ0) is 37.6. The summed E-state index contributed by atoms with van der Waals surface area (Å²) < 4.78 is 118. The van der Waals surface area contributed by atoms with Crippen molar-refractivity contribution in [2.24, 2.45) is 0 Å². The van der Waals surface area contributed by atoms with Crippen molar-refractivity contribution in [3.63, 3.8) is 0 Å². The van der Waals surface area contributed by atoms with Gasteiger partial charge in [-0.1, -0.05) is 0 Å². The molecule has 3 aromatic rings. The molecule has 0 saturated carbocycles. The zero-order valence-corrected chi connectivity index (χ0v) is 29.3. The highest BCUT2D eigenvalue weighted by Crippen LogP contribution is 2.57. The van der Waals surface area contributed by atoms with Gasteiger partial charge in [-0.3, -0.25) is 14.5 Å². The molecule has 2 heterocycles. The highest BCUT2D eigenvalue weighted by molar-refractivity contribution is 7.93. The van der Waals surface area contributed by atoms with Crippen LogP contribution >= 0.6 is 0 Å². The Hall–Kier alpha value is -4.97. The van der Waals surface area contributed by atoms with Crippen molar-refractivity contribution < 1.29 is 64.0 Å². The summed E-state index contributed by atoms with van der Waals surface area (Å²) in [5.74, 6) is -3.07. The molecule has 1 unspecified atom stereocenters. The van der Waals surface area contributed by atoms with Gasteiger partial charge in [-0.15, -0.1) is 13.2 Å². The number of sulfonamides is 1. The maximum absolute atomic E-state index is 15.6. The zero-order valence-electron chi connectivity index (χ0n) is 28.5. The van der Waals surface area contributed by atoms with Crippen LogP contribution in [0.5, 0.6) is 34.5 Å². The molecule has 1 fully saturated rings. The second kappa shape index (κ2) is 13.6. The van der Waals surface area contributed by atoms with Gasteiger partial charge in [0, 0.05) is 56.4 Å². The average Bonchev–Trinajstić information content (AvgIpc) is 3.60. The third-order valence-electron chi connectivity index (χ3n) is 8.70. The number of likely N-dealkylation sites (tertiary alicyclic amines) is 1. The first kappa shape index (κ1) is 37.3. The molecular formula is C33H35F4N3O10S. The Morgan fingerprint density at radius 2 is 1.39 bits per heavy atom. The van der Waals surface area contributed by atoms with Gasteiger partial charge in [-0.2, -0.15) is 4.31 Å². The van der Waals surface area contributed by atoms with Crippen molar-refractivity contribution in [2.45, 2.75) is 35.4 Å². The summed E-state index contributed by atoms with van der Waals surface area (Å²) in [4.78, 5) is 30.6. The molecule has 2 amide bonds. The Labute approximate surface area is 291 Å². The lowest BCUT2D eigenvalue weighted by molar-refractivity contribution is -0.275. The molecular weight excluding hydrogens is 706 g/mol. The van der Waals surface area contributed by atoms with Gasteiger partial charge in [-0.25, -0.2) is 12.8 Å². The molecule has 0 radical (unpaired) electrons. The Bertz CT molecular complexity index is 1960. The van der Waals surface area contributed by atoms with Crippen LogP contribution in [0.15, 0.2) is 53.4 Å². The molecule has 0 aromatic heterocycles. The first-order valence-electron chi connectivity index (χ1n) is 15.1. The molecule has 1 saturated heterocycles. The number of rotatable bonds is 11. The third-order valence-corrected chi connectivity index (χ3v) is 10.4. The van der Waals surface area contributed by atoms with Crippen LogP contribution in [0.2, 0.25) is 0 Å². The van der Waals surface area contributed by atoms with Crippen molar-refractivity contribution in [1.29, 1.82) is 0 Å². The van der Waals surface area contributed by atoms with Gasteiger partial charge < -0.3 is 33.3 Å². The molecule has 276 valence electrons. The van der Waals surface area contributed by atoms with E-state index in [-0.39, 0.29) is 52.0 Å². The van der Waals surface area contributed by atoms with E-state index in [0.717, 1.165) is 25.3 Å².